The Balaban J connectivity index is 1.53. The molecule has 2 unspecified atom stereocenters. The average Bonchev–Trinajstić information content (AvgIpc) is 3.09. The van der Waals surface area contributed by atoms with Crippen molar-refractivity contribution in [3.8, 4) is 0 Å². The van der Waals surface area contributed by atoms with Crippen LogP contribution >= 0.6 is 0 Å². The van der Waals surface area contributed by atoms with Crippen molar-refractivity contribution < 1.29 is 0 Å². The lowest BCUT2D eigenvalue weighted by Gasteiger charge is -2.26. The number of rotatable bonds is 5. The Kier molecular flexibility index (Phi) is 6.14. The number of aryl methyl sites for hydroxylation is 2. The fraction of sp³-hybridized carbons (Fsp3) is 0.571. The lowest BCUT2D eigenvalue weighted by atomic mass is 10.0. The molecule has 2 heterocycles. The molecule has 3 rings (SSSR count). The monoisotopic (exact) mass is 368 g/mol. The van der Waals surface area contributed by atoms with Gasteiger partial charge in [-0.1, -0.05) is 50.6 Å². The van der Waals surface area contributed by atoms with Gasteiger partial charge in [-0.05, 0) is 24.8 Å². The van der Waals surface area contributed by atoms with E-state index in [4.69, 9.17) is 0 Å². The lowest BCUT2D eigenvalue weighted by molar-refractivity contribution is 0.391. The number of aromatic nitrogens is 3. The fourth-order valence-corrected chi connectivity index (χ4v) is 3.34. The molecule has 1 aromatic carbocycles. The normalized spacial score (nSPS) is 18.3. The van der Waals surface area contributed by atoms with E-state index in [9.17, 15) is 0 Å². The summed E-state index contributed by atoms with van der Waals surface area (Å²) in [5.74, 6) is 3.69. The first-order valence-corrected chi connectivity index (χ1v) is 9.93. The highest BCUT2D eigenvalue weighted by molar-refractivity contribution is 5.80. The number of hydrogen-bond acceptors (Lipinski definition) is 3. The highest BCUT2D eigenvalue weighted by Crippen LogP contribution is 2.17. The SMILES string of the molecule is CN=C(NCC(C)c1ccc(C)cc1)NC1CCc2nc(C(C)C)nn2C1. The quantitative estimate of drug-likeness (QED) is 0.629. The number of benzene rings is 1. The van der Waals surface area contributed by atoms with Crippen molar-refractivity contribution in [2.75, 3.05) is 13.6 Å². The van der Waals surface area contributed by atoms with Crippen molar-refractivity contribution >= 4 is 5.96 Å². The van der Waals surface area contributed by atoms with Crippen LogP contribution in [-0.2, 0) is 13.0 Å². The Labute approximate surface area is 162 Å². The maximum absolute atomic E-state index is 4.66. The number of guanidine groups is 1. The summed E-state index contributed by atoms with van der Waals surface area (Å²) < 4.78 is 2.05. The molecule has 2 atom stereocenters. The van der Waals surface area contributed by atoms with Crippen LogP contribution in [0.1, 0.15) is 61.8 Å². The lowest BCUT2D eigenvalue weighted by Crippen LogP contribution is -2.47. The van der Waals surface area contributed by atoms with Crippen LogP contribution in [0.25, 0.3) is 0 Å². The maximum atomic E-state index is 4.66. The molecule has 0 fully saturated rings. The summed E-state index contributed by atoms with van der Waals surface area (Å²) >= 11 is 0. The minimum absolute atomic E-state index is 0.320. The second kappa shape index (κ2) is 8.55. The molecule has 6 heteroatoms. The summed E-state index contributed by atoms with van der Waals surface area (Å²) in [6, 6.07) is 9.07. The van der Waals surface area contributed by atoms with Gasteiger partial charge in [-0.15, -0.1) is 0 Å². The standard InChI is InChI=1S/C21H32N6/c1-14(2)20-25-19-11-10-18(13-27(19)26-20)24-21(22-5)23-12-16(4)17-8-6-15(3)7-9-17/h6-9,14,16,18H,10-13H2,1-5H3,(H2,22,23,24). The predicted octanol–water partition coefficient (Wildman–Crippen LogP) is 2.99. The van der Waals surface area contributed by atoms with Crippen LogP contribution in [0.5, 0.6) is 0 Å². The topological polar surface area (TPSA) is 67.1 Å². The van der Waals surface area contributed by atoms with E-state index in [1.807, 2.05) is 7.05 Å². The van der Waals surface area contributed by atoms with E-state index < -0.39 is 0 Å². The van der Waals surface area contributed by atoms with Crippen molar-refractivity contribution in [2.24, 2.45) is 4.99 Å². The third kappa shape index (κ3) is 4.87. The number of fused-ring (bicyclic) bond motifs is 1. The van der Waals surface area contributed by atoms with Crippen molar-refractivity contribution in [3.63, 3.8) is 0 Å². The van der Waals surface area contributed by atoms with E-state index in [0.717, 1.165) is 43.5 Å². The highest BCUT2D eigenvalue weighted by atomic mass is 15.4. The fourth-order valence-electron chi connectivity index (χ4n) is 3.34. The van der Waals surface area contributed by atoms with Gasteiger partial charge < -0.3 is 10.6 Å². The summed E-state index contributed by atoms with van der Waals surface area (Å²) in [6.45, 7) is 10.3. The van der Waals surface area contributed by atoms with Crippen LogP contribution in [0.15, 0.2) is 29.3 Å². The Morgan fingerprint density at radius 2 is 2.00 bits per heavy atom. The largest absolute Gasteiger partial charge is 0.356 e. The number of aliphatic imine (C=N–C) groups is 1. The molecule has 1 aromatic heterocycles. The summed E-state index contributed by atoms with van der Waals surface area (Å²) in [7, 11) is 1.83. The number of hydrogen-bond donors (Lipinski definition) is 2. The molecular formula is C21H32N6. The zero-order valence-electron chi connectivity index (χ0n) is 17.2. The van der Waals surface area contributed by atoms with Gasteiger partial charge in [-0.3, -0.25) is 4.99 Å². The van der Waals surface area contributed by atoms with E-state index in [2.05, 4.69) is 82.4 Å². The molecule has 0 saturated heterocycles. The van der Waals surface area contributed by atoms with E-state index in [-0.39, 0.29) is 0 Å². The molecular weight excluding hydrogens is 336 g/mol. The van der Waals surface area contributed by atoms with Crippen molar-refractivity contribution in [3.05, 3.63) is 47.0 Å². The van der Waals surface area contributed by atoms with Gasteiger partial charge in [0.2, 0.25) is 0 Å². The second-order valence-electron chi connectivity index (χ2n) is 7.87. The van der Waals surface area contributed by atoms with Crippen LogP contribution in [0.2, 0.25) is 0 Å². The molecule has 146 valence electrons. The highest BCUT2D eigenvalue weighted by Gasteiger charge is 2.23. The number of nitrogens with zero attached hydrogens (tertiary/aromatic N) is 4. The molecule has 0 amide bonds. The Morgan fingerprint density at radius 3 is 2.67 bits per heavy atom. The van der Waals surface area contributed by atoms with Gasteiger partial charge >= 0.3 is 0 Å². The van der Waals surface area contributed by atoms with Gasteiger partial charge in [-0.25, -0.2) is 9.67 Å². The van der Waals surface area contributed by atoms with Crippen molar-refractivity contribution in [2.45, 2.75) is 65.0 Å². The molecule has 2 N–H and O–H groups in total. The molecule has 0 spiro atoms. The molecule has 2 aromatic rings. The van der Waals surface area contributed by atoms with Gasteiger partial charge in [0, 0.05) is 32.0 Å². The van der Waals surface area contributed by atoms with Gasteiger partial charge in [0.25, 0.3) is 0 Å². The summed E-state index contributed by atoms with van der Waals surface area (Å²) in [4.78, 5) is 9.06. The summed E-state index contributed by atoms with van der Waals surface area (Å²) in [5, 5.41) is 11.7. The first-order valence-electron chi connectivity index (χ1n) is 9.93. The minimum atomic E-state index is 0.320. The van der Waals surface area contributed by atoms with Gasteiger partial charge in [-0.2, -0.15) is 5.10 Å². The number of nitrogens with one attached hydrogen (secondary N) is 2. The molecule has 1 aliphatic heterocycles. The van der Waals surface area contributed by atoms with E-state index in [1.165, 1.54) is 11.1 Å². The molecule has 0 bridgehead atoms. The summed E-state index contributed by atoms with van der Waals surface area (Å²) in [5.41, 5.74) is 2.64. The van der Waals surface area contributed by atoms with Crippen molar-refractivity contribution in [1.82, 2.24) is 25.4 Å². The Bertz CT molecular complexity index is 774. The van der Waals surface area contributed by atoms with Crippen LogP contribution in [0.3, 0.4) is 0 Å². The van der Waals surface area contributed by atoms with E-state index >= 15 is 0 Å². The zero-order chi connectivity index (χ0) is 19.4. The predicted molar refractivity (Wildman–Crippen MR) is 110 cm³/mol. The third-order valence-corrected chi connectivity index (χ3v) is 5.18. The maximum Gasteiger partial charge on any atom is 0.191 e. The summed E-state index contributed by atoms with van der Waals surface area (Å²) in [6.07, 6.45) is 2.00. The van der Waals surface area contributed by atoms with Crippen molar-refractivity contribution in [1.29, 1.82) is 0 Å². The molecule has 1 aliphatic rings. The first kappa shape index (κ1) is 19.4. The smallest absolute Gasteiger partial charge is 0.191 e. The van der Waals surface area contributed by atoms with Gasteiger partial charge in [0.1, 0.15) is 5.82 Å². The zero-order valence-corrected chi connectivity index (χ0v) is 17.2. The second-order valence-corrected chi connectivity index (χ2v) is 7.87. The first-order chi connectivity index (χ1) is 13.0. The van der Waals surface area contributed by atoms with E-state index in [1.54, 1.807) is 0 Å². The van der Waals surface area contributed by atoms with Gasteiger partial charge in [0.05, 0.1) is 6.54 Å². The molecule has 0 saturated carbocycles. The molecule has 6 nitrogen and oxygen atoms in total. The Hall–Kier alpha value is -2.37. The van der Waals surface area contributed by atoms with Gasteiger partial charge in [0.15, 0.2) is 11.8 Å². The third-order valence-electron chi connectivity index (χ3n) is 5.18. The Morgan fingerprint density at radius 1 is 1.26 bits per heavy atom. The van der Waals surface area contributed by atoms with Crippen LogP contribution in [0.4, 0.5) is 0 Å². The van der Waals surface area contributed by atoms with Crippen LogP contribution < -0.4 is 10.6 Å². The average molecular weight is 369 g/mol. The molecule has 0 aliphatic carbocycles. The molecule has 0 radical (unpaired) electrons. The molecule has 27 heavy (non-hydrogen) atoms. The van der Waals surface area contributed by atoms with Crippen LogP contribution in [0, 0.1) is 6.92 Å². The van der Waals surface area contributed by atoms with E-state index in [0.29, 0.717) is 17.9 Å². The van der Waals surface area contributed by atoms with Crippen LogP contribution in [-0.4, -0.2) is 40.4 Å². The minimum Gasteiger partial charge on any atom is -0.356 e.